The maximum atomic E-state index is 12.0. The Bertz CT molecular complexity index is 485. The van der Waals surface area contributed by atoms with Crippen molar-refractivity contribution in [1.82, 2.24) is 10.2 Å². The topological polar surface area (TPSA) is 52.6 Å². The molecule has 0 fully saturated rings. The van der Waals surface area contributed by atoms with E-state index in [-0.39, 0.29) is 5.91 Å². The third kappa shape index (κ3) is 3.83. The van der Waals surface area contributed by atoms with Crippen LogP contribution in [0.3, 0.4) is 0 Å². The molecule has 116 valence electrons. The number of hydrogen-bond donors (Lipinski definition) is 2. The maximum Gasteiger partial charge on any atom is 0.234 e. The molecule has 0 aromatic heterocycles. The second kappa shape index (κ2) is 7.05. The van der Waals surface area contributed by atoms with Crippen LogP contribution in [0, 0.1) is 0 Å². The molecule has 1 aliphatic rings. The van der Waals surface area contributed by atoms with Crippen molar-refractivity contribution in [3.05, 3.63) is 35.4 Å². The van der Waals surface area contributed by atoms with Crippen molar-refractivity contribution in [2.45, 2.75) is 38.7 Å². The summed E-state index contributed by atoms with van der Waals surface area (Å²) in [7, 11) is 0. The monoisotopic (exact) mass is 290 g/mol. The Morgan fingerprint density at radius 1 is 1.33 bits per heavy atom. The van der Waals surface area contributed by atoms with Crippen molar-refractivity contribution >= 4 is 5.91 Å². The summed E-state index contributed by atoms with van der Waals surface area (Å²) in [4.78, 5) is 14.1. The van der Waals surface area contributed by atoms with Gasteiger partial charge in [0.2, 0.25) is 5.91 Å². The van der Waals surface area contributed by atoms with Crippen LogP contribution in [0.1, 0.15) is 37.8 Å². The first-order valence-electron chi connectivity index (χ1n) is 7.89. The van der Waals surface area contributed by atoms with Gasteiger partial charge in [0.15, 0.2) is 0 Å². The van der Waals surface area contributed by atoms with Crippen LogP contribution in [0.15, 0.2) is 24.3 Å². The van der Waals surface area contributed by atoms with Crippen LogP contribution in [-0.2, 0) is 16.8 Å². The molecule has 0 radical (unpaired) electrons. The number of hydrogen-bond acceptors (Lipinski definition) is 3. The predicted octanol–water partition coefficient (Wildman–Crippen LogP) is 1.67. The van der Waals surface area contributed by atoms with Crippen molar-refractivity contribution in [3.63, 3.8) is 0 Å². The highest BCUT2D eigenvalue weighted by Crippen LogP contribution is 2.34. The number of carbonyl (C=O) groups is 1. The van der Waals surface area contributed by atoms with Gasteiger partial charge in [0.25, 0.3) is 0 Å². The SMILES string of the molecule is CCN(CC)CC(=O)NC[C@@]1(O)CCCc2ccccc21. The molecule has 0 heterocycles. The van der Waals surface area contributed by atoms with Gasteiger partial charge in [-0.25, -0.2) is 0 Å². The van der Waals surface area contributed by atoms with Crippen molar-refractivity contribution in [2.75, 3.05) is 26.2 Å². The summed E-state index contributed by atoms with van der Waals surface area (Å²) in [5.41, 5.74) is 1.25. The van der Waals surface area contributed by atoms with Crippen LogP contribution < -0.4 is 5.32 Å². The van der Waals surface area contributed by atoms with E-state index < -0.39 is 5.60 Å². The molecule has 0 aliphatic heterocycles. The predicted molar refractivity (Wildman–Crippen MR) is 84.1 cm³/mol. The first-order valence-corrected chi connectivity index (χ1v) is 7.89. The van der Waals surface area contributed by atoms with E-state index in [1.807, 2.05) is 32.0 Å². The van der Waals surface area contributed by atoms with E-state index in [2.05, 4.69) is 16.3 Å². The lowest BCUT2D eigenvalue weighted by atomic mass is 9.79. The van der Waals surface area contributed by atoms with Gasteiger partial charge in [0.05, 0.1) is 13.1 Å². The molecule has 0 spiro atoms. The minimum absolute atomic E-state index is 0.0184. The van der Waals surface area contributed by atoms with Gasteiger partial charge in [-0.05, 0) is 43.5 Å². The van der Waals surface area contributed by atoms with Crippen molar-refractivity contribution < 1.29 is 9.90 Å². The summed E-state index contributed by atoms with van der Waals surface area (Å²) in [5.74, 6) is -0.0184. The molecule has 2 rings (SSSR count). The Morgan fingerprint density at radius 3 is 2.76 bits per heavy atom. The molecule has 4 nitrogen and oxygen atoms in total. The van der Waals surface area contributed by atoms with Gasteiger partial charge >= 0.3 is 0 Å². The zero-order valence-corrected chi connectivity index (χ0v) is 13.1. The Labute approximate surface area is 127 Å². The Hall–Kier alpha value is -1.39. The van der Waals surface area contributed by atoms with Gasteiger partial charge in [-0.1, -0.05) is 38.1 Å². The fourth-order valence-electron chi connectivity index (χ4n) is 3.03. The molecule has 1 aromatic carbocycles. The van der Waals surface area contributed by atoms with E-state index in [9.17, 15) is 9.90 Å². The van der Waals surface area contributed by atoms with E-state index in [0.29, 0.717) is 19.5 Å². The van der Waals surface area contributed by atoms with Crippen molar-refractivity contribution in [3.8, 4) is 0 Å². The molecule has 1 aliphatic carbocycles. The summed E-state index contributed by atoms with van der Waals surface area (Å²) in [6.07, 6.45) is 2.67. The molecule has 1 aromatic rings. The van der Waals surface area contributed by atoms with Gasteiger partial charge in [-0.2, -0.15) is 0 Å². The number of aryl methyl sites for hydroxylation is 1. The fraction of sp³-hybridized carbons (Fsp3) is 0.588. The molecule has 0 saturated carbocycles. The molecule has 0 saturated heterocycles. The van der Waals surface area contributed by atoms with E-state index in [1.54, 1.807) is 0 Å². The number of likely N-dealkylation sites (N-methyl/N-ethyl adjacent to an activating group) is 1. The summed E-state index contributed by atoms with van der Waals surface area (Å²) >= 11 is 0. The number of carbonyl (C=O) groups excluding carboxylic acids is 1. The Balaban J connectivity index is 1.98. The molecule has 1 amide bonds. The molecular formula is C17H26N2O2. The Kier molecular flexibility index (Phi) is 5.37. The van der Waals surface area contributed by atoms with Gasteiger partial charge in [0.1, 0.15) is 5.60 Å². The normalized spacial score (nSPS) is 21.1. The summed E-state index contributed by atoms with van der Waals surface area (Å²) in [6, 6.07) is 8.00. The minimum Gasteiger partial charge on any atom is -0.383 e. The second-order valence-corrected chi connectivity index (χ2v) is 5.78. The van der Waals surface area contributed by atoms with Gasteiger partial charge in [-0.3, -0.25) is 9.69 Å². The van der Waals surface area contributed by atoms with Crippen molar-refractivity contribution in [1.29, 1.82) is 0 Å². The van der Waals surface area contributed by atoms with E-state index in [4.69, 9.17) is 0 Å². The molecule has 0 unspecified atom stereocenters. The van der Waals surface area contributed by atoms with E-state index >= 15 is 0 Å². The molecular weight excluding hydrogens is 264 g/mol. The number of aliphatic hydroxyl groups is 1. The smallest absolute Gasteiger partial charge is 0.234 e. The average molecular weight is 290 g/mol. The van der Waals surface area contributed by atoms with E-state index in [0.717, 1.165) is 31.5 Å². The average Bonchev–Trinajstić information content (AvgIpc) is 2.51. The Morgan fingerprint density at radius 2 is 2.05 bits per heavy atom. The van der Waals surface area contributed by atoms with Gasteiger partial charge in [-0.15, -0.1) is 0 Å². The summed E-state index contributed by atoms with van der Waals surface area (Å²) < 4.78 is 0. The molecule has 21 heavy (non-hydrogen) atoms. The van der Waals surface area contributed by atoms with Crippen LogP contribution in [0.25, 0.3) is 0 Å². The summed E-state index contributed by atoms with van der Waals surface area (Å²) in [5, 5.41) is 13.8. The van der Waals surface area contributed by atoms with Crippen LogP contribution in [-0.4, -0.2) is 42.1 Å². The fourth-order valence-corrected chi connectivity index (χ4v) is 3.03. The quantitative estimate of drug-likeness (QED) is 0.838. The number of nitrogens with one attached hydrogen (secondary N) is 1. The van der Waals surface area contributed by atoms with E-state index in [1.165, 1.54) is 5.56 Å². The van der Waals surface area contributed by atoms with Crippen LogP contribution >= 0.6 is 0 Å². The lowest BCUT2D eigenvalue weighted by Gasteiger charge is -2.34. The zero-order chi connectivity index (χ0) is 15.3. The molecule has 4 heteroatoms. The standard InChI is InChI=1S/C17H26N2O2/c1-3-19(4-2)12-16(20)18-13-17(21)11-7-9-14-8-5-6-10-15(14)17/h5-6,8,10,21H,3-4,7,9,11-13H2,1-2H3,(H,18,20)/t17-/m0/s1. The highest BCUT2D eigenvalue weighted by atomic mass is 16.3. The largest absolute Gasteiger partial charge is 0.383 e. The van der Waals surface area contributed by atoms with Crippen LogP contribution in [0.4, 0.5) is 0 Å². The molecule has 2 N–H and O–H groups in total. The number of amides is 1. The number of fused-ring (bicyclic) bond motifs is 1. The van der Waals surface area contributed by atoms with Gasteiger partial charge < -0.3 is 10.4 Å². The first-order chi connectivity index (χ1) is 10.1. The lowest BCUT2D eigenvalue weighted by molar-refractivity contribution is -0.123. The third-order valence-electron chi connectivity index (χ3n) is 4.39. The number of nitrogens with zero attached hydrogens (tertiary/aromatic N) is 1. The first kappa shape index (κ1) is 16.0. The number of rotatable bonds is 6. The highest BCUT2D eigenvalue weighted by Gasteiger charge is 2.34. The second-order valence-electron chi connectivity index (χ2n) is 5.78. The van der Waals surface area contributed by atoms with Crippen LogP contribution in [0.5, 0.6) is 0 Å². The lowest BCUT2D eigenvalue weighted by Crippen LogP contribution is -2.45. The highest BCUT2D eigenvalue weighted by molar-refractivity contribution is 5.78. The minimum atomic E-state index is -0.923. The maximum absolute atomic E-state index is 12.0. The third-order valence-corrected chi connectivity index (χ3v) is 4.39. The van der Waals surface area contributed by atoms with Crippen LogP contribution in [0.2, 0.25) is 0 Å². The van der Waals surface area contributed by atoms with Crippen molar-refractivity contribution in [2.24, 2.45) is 0 Å². The zero-order valence-electron chi connectivity index (χ0n) is 13.1. The molecule has 0 bridgehead atoms. The number of benzene rings is 1. The molecule has 1 atom stereocenters. The summed E-state index contributed by atoms with van der Waals surface area (Å²) in [6.45, 7) is 6.49. The van der Waals surface area contributed by atoms with Gasteiger partial charge in [0, 0.05) is 0 Å².